The fraction of sp³-hybridized carbons (Fsp3) is 0.160. The second-order valence-corrected chi connectivity index (χ2v) is 7.80. The second-order valence-electron chi connectivity index (χ2n) is 7.37. The van der Waals surface area contributed by atoms with Crippen LogP contribution in [0.4, 0.5) is 4.79 Å². The van der Waals surface area contributed by atoms with Gasteiger partial charge in [-0.25, -0.2) is 4.79 Å². The minimum Gasteiger partial charge on any atom is -0.436 e. The minimum absolute atomic E-state index is 0.0587. The van der Waals surface area contributed by atoms with Gasteiger partial charge in [-0.1, -0.05) is 84.4 Å². The highest BCUT2D eigenvalue weighted by atomic mass is 35.5. The summed E-state index contributed by atoms with van der Waals surface area (Å²) in [5.74, 6) is 0. The van der Waals surface area contributed by atoms with Crippen LogP contribution in [-0.4, -0.2) is 17.5 Å². The molecule has 0 radical (unpaired) electrons. The van der Waals surface area contributed by atoms with Crippen LogP contribution in [0, 0.1) is 0 Å². The van der Waals surface area contributed by atoms with Crippen molar-refractivity contribution >= 4 is 17.7 Å². The lowest BCUT2D eigenvalue weighted by Crippen LogP contribution is -2.37. The molecule has 144 valence electrons. The van der Waals surface area contributed by atoms with Crippen molar-refractivity contribution in [3.05, 3.63) is 107 Å². The largest absolute Gasteiger partial charge is 0.436 e. The molecular weight excluding hydrogens is 382 g/mol. The molecule has 0 bridgehead atoms. The first-order valence-electron chi connectivity index (χ1n) is 9.78. The lowest BCUT2D eigenvalue weighted by Gasteiger charge is -2.33. The molecule has 3 nitrogen and oxygen atoms in total. The average Bonchev–Trinajstić information content (AvgIpc) is 3.08. The first-order chi connectivity index (χ1) is 14.2. The summed E-state index contributed by atoms with van der Waals surface area (Å²) in [4.78, 5) is 15.1. The maximum atomic E-state index is 13.3. The normalized spacial score (nSPS) is 17.7. The van der Waals surface area contributed by atoms with E-state index < -0.39 is 0 Å². The maximum absolute atomic E-state index is 13.3. The monoisotopic (exact) mass is 401 g/mol. The van der Waals surface area contributed by atoms with Crippen LogP contribution in [0.2, 0.25) is 5.02 Å². The minimum atomic E-state index is -0.383. The average molecular weight is 402 g/mol. The summed E-state index contributed by atoms with van der Waals surface area (Å²) in [5.41, 5.74) is 5.40. The number of halogens is 1. The summed E-state index contributed by atoms with van der Waals surface area (Å²) in [7, 11) is 0. The highest BCUT2D eigenvalue weighted by molar-refractivity contribution is 6.30. The molecule has 3 aromatic carbocycles. The molecule has 29 heavy (non-hydrogen) atoms. The Hall–Kier alpha value is -3.04. The number of hydrogen-bond acceptors (Lipinski definition) is 2. The summed E-state index contributed by atoms with van der Waals surface area (Å²) in [6, 6.07) is 23.9. The molecule has 0 saturated heterocycles. The highest BCUT2D eigenvalue weighted by Gasteiger charge is 2.34. The maximum Gasteiger partial charge on any atom is 0.411 e. The van der Waals surface area contributed by atoms with Gasteiger partial charge in [0.05, 0.1) is 6.04 Å². The Morgan fingerprint density at radius 2 is 1.48 bits per heavy atom. The number of carbonyl (C=O) groups is 1. The van der Waals surface area contributed by atoms with E-state index in [1.807, 2.05) is 66.7 Å². The molecule has 5 rings (SSSR count). The summed E-state index contributed by atoms with van der Waals surface area (Å²) in [5, 5.41) is 0.688. The molecule has 1 aliphatic carbocycles. The molecule has 1 heterocycles. The zero-order valence-corrected chi connectivity index (χ0v) is 16.5. The van der Waals surface area contributed by atoms with Gasteiger partial charge in [0.1, 0.15) is 0 Å². The van der Waals surface area contributed by atoms with Crippen LogP contribution in [0.15, 0.2) is 84.9 Å². The van der Waals surface area contributed by atoms with E-state index in [4.69, 9.17) is 16.3 Å². The van der Waals surface area contributed by atoms with Gasteiger partial charge in [0.25, 0.3) is 0 Å². The molecule has 1 aliphatic heterocycles. The van der Waals surface area contributed by atoms with Crippen LogP contribution >= 0.6 is 11.6 Å². The Kier molecular flexibility index (Phi) is 4.61. The van der Waals surface area contributed by atoms with Gasteiger partial charge in [-0.05, 0) is 35.2 Å². The number of amides is 1. The standard InChI is InChI=1S/C25H20ClNO2/c26-18-14-12-17(13-15-18)23-11-5-6-16-27(23)25(28)29-24-21-9-3-1-7-19(21)20-8-2-4-10-22(20)24/h1-10,12-15,23-24H,11,16H2/t23-/m1/s1. The van der Waals surface area contributed by atoms with Gasteiger partial charge in [-0.3, -0.25) is 4.90 Å². The van der Waals surface area contributed by atoms with E-state index in [1.54, 1.807) is 4.90 Å². The van der Waals surface area contributed by atoms with Gasteiger partial charge in [0.15, 0.2) is 6.10 Å². The van der Waals surface area contributed by atoms with Crippen LogP contribution in [-0.2, 0) is 4.74 Å². The Morgan fingerprint density at radius 3 is 2.14 bits per heavy atom. The topological polar surface area (TPSA) is 29.5 Å². The van der Waals surface area contributed by atoms with Gasteiger partial charge in [-0.2, -0.15) is 0 Å². The molecular formula is C25H20ClNO2. The van der Waals surface area contributed by atoms with E-state index in [0.717, 1.165) is 34.2 Å². The number of rotatable bonds is 2. The number of nitrogens with zero attached hydrogens (tertiary/aromatic N) is 1. The highest BCUT2D eigenvalue weighted by Crippen LogP contribution is 2.45. The first kappa shape index (κ1) is 18.0. The number of ether oxygens (including phenoxy) is 1. The van der Waals surface area contributed by atoms with Crippen LogP contribution in [0.3, 0.4) is 0 Å². The van der Waals surface area contributed by atoms with Crippen LogP contribution in [0.25, 0.3) is 11.1 Å². The van der Waals surface area contributed by atoms with Crippen molar-refractivity contribution < 1.29 is 9.53 Å². The van der Waals surface area contributed by atoms with Gasteiger partial charge in [0, 0.05) is 22.7 Å². The Bertz CT molecular complexity index is 1040. The van der Waals surface area contributed by atoms with Gasteiger partial charge < -0.3 is 4.74 Å². The molecule has 0 N–H and O–H groups in total. The smallest absolute Gasteiger partial charge is 0.411 e. The molecule has 0 aromatic heterocycles. The number of hydrogen-bond donors (Lipinski definition) is 0. The lowest BCUT2D eigenvalue weighted by atomic mass is 9.99. The van der Waals surface area contributed by atoms with E-state index in [2.05, 4.69) is 18.2 Å². The molecule has 0 fully saturated rings. The van der Waals surface area contributed by atoms with E-state index in [1.165, 1.54) is 0 Å². The van der Waals surface area contributed by atoms with Crippen molar-refractivity contribution in [3.63, 3.8) is 0 Å². The SMILES string of the molecule is O=C(OC1c2ccccc2-c2ccccc21)N1CC=CC[C@@H]1c1ccc(Cl)cc1. The summed E-state index contributed by atoms with van der Waals surface area (Å²) >= 11 is 6.04. The number of carbonyl (C=O) groups excluding carboxylic acids is 1. The Labute approximate surface area is 175 Å². The third-order valence-electron chi connectivity index (χ3n) is 5.69. The first-order valence-corrected chi connectivity index (χ1v) is 10.2. The van der Waals surface area contributed by atoms with Crippen molar-refractivity contribution in [1.82, 2.24) is 4.90 Å². The molecule has 0 saturated carbocycles. The van der Waals surface area contributed by atoms with Crippen molar-refractivity contribution in [2.45, 2.75) is 18.6 Å². The third-order valence-corrected chi connectivity index (χ3v) is 5.94. The third kappa shape index (κ3) is 3.22. The molecule has 1 atom stereocenters. The predicted octanol–water partition coefficient (Wildman–Crippen LogP) is 6.55. The summed E-state index contributed by atoms with van der Waals surface area (Å²) in [6.45, 7) is 0.530. The number of fused-ring (bicyclic) bond motifs is 3. The fourth-order valence-corrected chi connectivity index (χ4v) is 4.40. The fourth-order valence-electron chi connectivity index (χ4n) is 4.28. The quantitative estimate of drug-likeness (QED) is 0.455. The van der Waals surface area contributed by atoms with Crippen molar-refractivity contribution in [1.29, 1.82) is 0 Å². The van der Waals surface area contributed by atoms with Gasteiger partial charge >= 0.3 is 6.09 Å². The number of benzene rings is 3. The van der Waals surface area contributed by atoms with Crippen LogP contribution < -0.4 is 0 Å². The zero-order valence-electron chi connectivity index (χ0n) is 15.8. The summed E-state index contributed by atoms with van der Waals surface area (Å²) in [6.07, 6.45) is 4.21. The van der Waals surface area contributed by atoms with Crippen molar-refractivity contribution in [3.8, 4) is 11.1 Å². The van der Waals surface area contributed by atoms with Crippen molar-refractivity contribution in [2.75, 3.05) is 6.54 Å². The molecule has 0 unspecified atom stereocenters. The van der Waals surface area contributed by atoms with Crippen LogP contribution in [0.5, 0.6) is 0 Å². The lowest BCUT2D eigenvalue weighted by molar-refractivity contribution is 0.0673. The molecule has 3 aromatic rings. The Balaban J connectivity index is 1.45. The second kappa shape index (κ2) is 7.41. The Morgan fingerprint density at radius 1 is 0.862 bits per heavy atom. The van der Waals surface area contributed by atoms with Crippen molar-refractivity contribution in [2.24, 2.45) is 0 Å². The zero-order chi connectivity index (χ0) is 19.8. The predicted molar refractivity (Wildman–Crippen MR) is 115 cm³/mol. The van der Waals surface area contributed by atoms with E-state index in [0.29, 0.717) is 11.6 Å². The molecule has 4 heteroatoms. The molecule has 2 aliphatic rings. The van der Waals surface area contributed by atoms with E-state index >= 15 is 0 Å². The van der Waals surface area contributed by atoms with Gasteiger partial charge in [0.2, 0.25) is 0 Å². The molecule has 0 spiro atoms. The molecule has 1 amide bonds. The summed E-state index contributed by atoms with van der Waals surface area (Å²) < 4.78 is 6.11. The van der Waals surface area contributed by atoms with Gasteiger partial charge in [-0.15, -0.1) is 0 Å². The van der Waals surface area contributed by atoms with E-state index in [-0.39, 0.29) is 18.2 Å². The van der Waals surface area contributed by atoms with E-state index in [9.17, 15) is 4.79 Å². The van der Waals surface area contributed by atoms with Crippen LogP contribution in [0.1, 0.15) is 35.3 Å².